The van der Waals surface area contributed by atoms with Crippen LogP contribution in [0.2, 0.25) is 5.02 Å². The maximum Gasteiger partial charge on any atom is 0.310 e. The minimum atomic E-state index is -0.957. The van der Waals surface area contributed by atoms with E-state index < -0.39 is 5.60 Å². The number of pyridine rings is 1. The Labute approximate surface area is 170 Å². The van der Waals surface area contributed by atoms with Gasteiger partial charge in [-0.15, -0.1) is 0 Å². The number of benzene rings is 1. The van der Waals surface area contributed by atoms with Gasteiger partial charge in [-0.05, 0) is 67.6 Å². The predicted molar refractivity (Wildman–Crippen MR) is 110 cm³/mol. The zero-order valence-corrected chi connectivity index (χ0v) is 17.9. The average molecular weight is 404 g/mol. The first kappa shape index (κ1) is 22.1. The molecule has 0 radical (unpaired) electrons. The third-order valence-corrected chi connectivity index (χ3v) is 4.83. The molecule has 0 amide bonds. The van der Waals surface area contributed by atoms with Crippen LogP contribution >= 0.6 is 11.6 Å². The molecule has 0 saturated heterocycles. The van der Waals surface area contributed by atoms with Gasteiger partial charge in [0, 0.05) is 24.1 Å². The third kappa shape index (κ3) is 4.97. The van der Waals surface area contributed by atoms with Crippen LogP contribution in [0.25, 0.3) is 11.1 Å². The largest absolute Gasteiger partial charge is 0.469 e. The van der Waals surface area contributed by atoms with Crippen LogP contribution in [0.4, 0.5) is 0 Å². The summed E-state index contributed by atoms with van der Waals surface area (Å²) in [7, 11) is 1.34. The third-order valence-electron chi connectivity index (χ3n) is 4.59. The quantitative estimate of drug-likeness (QED) is 0.576. The molecular formula is C22H26ClNO4. The summed E-state index contributed by atoms with van der Waals surface area (Å²) < 4.78 is 4.85. The number of carbonyl (C=O) groups excluding carboxylic acids is 2. The van der Waals surface area contributed by atoms with Crippen LogP contribution in [0.3, 0.4) is 0 Å². The van der Waals surface area contributed by atoms with Crippen molar-refractivity contribution < 1.29 is 19.4 Å². The fourth-order valence-corrected chi connectivity index (χ4v) is 3.60. The SMILES string of the molecule is COC(=O)Cc1c(C)nc(C(C)=O)c(C)c1-c1ccc(Cl)cc1CC(C)(C)O. The Morgan fingerprint density at radius 2 is 1.89 bits per heavy atom. The summed E-state index contributed by atoms with van der Waals surface area (Å²) in [6.07, 6.45) is 0.394. The van der Waals surface area contributed by atoms with Gasteiger partial charge < -0.3 is 9.84 Å². The molecule has 0 aliphatic carbocycles. The Kier molecular flexibility index (Phi) is 6.63. The Balaban J connectivity index is 2.86. The summed E-state index contributed by atoms with van der Waals surface area (Å²) in [6.45, 7) is 8.51. The molecule has 0 atom stereocenters. The van der Waals surface area contributed by atoms with Crippen LogP contribution in [0.1, 0.15) is 53.6 Å². The van der Waals surface area contributed by atoms with E-state index in [1.54, 1.807) is 32.9 Å². The average Bonchev–Trinajstić information content (AvgIpc) is 2.57. The van der Waals surface area contributed by atoms with Gasteiger partial charge in [0.25, 0.3) is 0 Å². The number of ketones is 1. The molecule has 0 bridgehead atoms. The van der Waals surface area contributed by atoms with Gasteiger partial charge in [-0.1, -0.05) is 17.7 Å². The molecule has 0 unspecified atom stereocenters. The zero-order chi connectivity index (χ0) is 21.2. The molecule has 2 aromatic rings. The van der Waals surface area contributed by atoms with Gasteiger partial charge >= 0.3 is 5.97 Å². The Hall–Kier alpha value is -2.24. The molecular weight excluding hydrogens is 378 g/mol. The van der Waals surface area contributed by atoms with Gasteiger partial charge in [-0.2, -0.15) is 0 Å². The molecule has 2 rings (SSSR count). The number of carbonyl (C=O) groups is 2. The number of aromatic nitrogens is 1. The van der Waals surface area contributed by atoms with Crippen LogP contribution in [-0.2, 0) is 22.4 Å². The van der Waals surface area contributed by atoms with E-state index in [2.05, 4.69) is 4.98 Å². The summed E-state index contributed by atoms with van der Waals surface area (Å²) in [5.74, 6) is -0.538. The second-order valence-corrected chi connectivity index (χ2v) is 8.06. The van der Waals surface area contributed by atoms with E-state index in [0.29, 0.717) is 34.0 Å². The molecule has 6 heteroatoms. The lowest BCUT2D eigenvalue weighted by atomic mass is 9.85. The number of rotatable bonds is 6. The molecule has 0 saturated carbocycles. The molecule has 1 N–H and O–H groups in total. The summed E-state index contributed by atoms with van der Waals surface area (Å²) in [5.41, 5.74) is 3.81. The maximum absolute atomic E-state index is 12.1. The van der Waals surface area contributed by atoms with Gasteiger partial charge in [0.2, 0.25) is 0 Å². The lowest BCUT2D eigenvalue weighted by Gasteiger charge is -2.23. The topological polar surface area (TPSA) is 76.5 Å². The Morgan fingerprint density at radius 1 is 1.25 bits per heavy atom. The number of halogens is 1. The van der Waals surface area contributed by atoms with Crippen molar-refractivity contribution in [1.29, 1.82) is 0 Å². The van der Waals surface area contributed by atoms with E-state index in [1.165, 1.54) is 14.0 Å². The first-order chi connectivity index (χ1) is 12.9. The van der Waals surface area contributed by atoms with Crippen molar-refractivity contribution in [3.05, 3.63) is 51.3 Å². The molecule has 28 heavy (non-hydrogen) atoms. The number of hydrogen-bond donors (Lipinski definition) is 1. The smallest absolute Gasteiger partial charge is 0.310 e. The number of aliphatic hydroxyl groups is 1. The number of Topliss-reactive ketones (excluding diaryl/α,β-unsaturated/α-hetero) is 1. The van der Waals surface area contributed by atoms with Crippen molar-refractivity contribution in [2.24, 2.45) is 0 Å². The molecule has 1 aromatic carbocycles. The molecule has 1 heterocycles. The Morgan fingerprint density at radius 3 is 2.43 bits per heavy atom. The number of hydrogen-bond acceptors (Lipinski definition) is 5. The highest BCUT2D eigenvalue weighted by Gasteiger charge is 2.24. The van der Waals surface area contributed by atoms with E-state index in [9.17, 15) is 14.7 Å². The molecule has 1 aromatic heterocycles. The van der Waals surface area contributed by atoms with Gasteiger partial charge in [-0.3, -0.25) is 9.59 Å². The van der Waals surface area contributed by atoms with E-state index in [-0.39, 0.29) is 18.2 Å². The molecule has 5 nitrogen and oxygen atoms in total. The summed E-state index contributed by atoms with van der Waals surface area (Å²) >= 11 is 6.21. The van der Waals surface area contributed by atoms with Crippen LogP contribution in [0.5, 0.6) is 0 Å². The van der Waals surface area contributed by atoms with Gasteiger partial charge in [0.15, 0.2) is 5.78 Å². The van der Waals surface area contributed by atoms with Gasteiger partial charge in [0.1, 0.15) is 5.69 Å². The highest BCUT2D eigenvalue weighted by molar-refractivity contribution is 6.30. The first-order valence-corrected chi connectivity index (χ1v) is 9.41. The van der Waals surface area contributed by atoms with E-state index in [4.69, 9.17) is 16.3 Å². The molecule has 0 fully saturated rings. The van der Waals surface area contributed by atoms with Gasteiger partial charge in [0.05, 0.1) is 19.1 Å². The highest BCUT2D eigenvalue weighted by atomic mass is 35.5. The van der Waals surface area contributed by atoms with Crippen LogP contribution in [0, 0.1) is 13.8 Å². The van der Waals surface area contributed by atoms with Crippen molar-refractivity contribution in [2.45, 2.75) is 53.1 Å². The lowest BCUT2D eigenvalue weighted by Crippen LogP contribution is -2.22. The van der Waals surface area contributed by atoms with Crippen molar-refractivity contribution in [3.8, 4) is 11.1 Å². The van der Waals surface area contributed by atoms with E-state index >= 15 is 0 Å². The number of esters is 1. The van der Waals surface area contributed by atoms with Crippen molar-refractivity contribution in [1.82, 2.24) is 4.98 Å². The fourth-order valence-electron chi connectivity index (χ4n) is 3.40. The minimum Gasteiger partial charge on any atom is -0.469 e. The first-order valence-electron chi connectivity index (χ1n) is 9.03. The second-order valence-electron chi connectivity index (χ2n) is 7.62. The molecule has 0 aliphatic heterocycles. The standard InChI is InChI=1S/C22H26ClNO4/c1-12-20(17-8-7-16(23)9-15(17)11-22(4,5)27)18(10-19(26)28-6)13(2)24-21(12)14(3)25/h7-9,27H,10-11H2,1-6H3. The zero-order valence-electron chi connectivity index (χ0n) is 17.1. The number of aryl methyl sites for hydroxylation is 1. The molecule has 0 spiro atoms. The summed E-state index contributed by atoms with van der Waals surface area (Å²) in [5, 5.41) is 10.9. The summed E-state index contributed by atoms with van der Waals surface area (Å²) in [6, 6.07) is 5.42. The van der Waals surface area contributed by atoms with Crippen molar-refractivity contribution >= 4 is 23.4 Å². The monoisotopic (exact) mass is 403 g/mol. The van der Waals surface area contributed by atoms with Crippen molar-refractivity contribution in [2.75, 3.05) is 7.11 Å². The number of methoxy groups -OCH3 is 1. The minimum absolute atomic E-state index is 0.0360. The van der Waals surface area contributed by atoms with E-state index in [0.717, 1.165) is 16.7 Å². The van der Waals surface area contributed by atoms with Crippen molar-refractivity contribution in [3.63, 3.8) is 0 Å². The second kappa shape index (κ2) is 8.41. The maximum atomic E-state index is 12.1. The number of ether oxygens (including phenoxy) is 1. The fraction of sp³-hybridized carbons (Fsp3) is 0.409. The normalized spacial score (nSPS) is 11.4. The van der Waals surface area contributed by atoms with Crippen LogP contribution in [0.15, 0.2) is 18.2 Å². The van der Waals surface area contributed by atoms with Crippen LogP contribution < -0.4 is 0 Å². The lowest BCUT2D eigenvalue weighted by molar-refractivity contribution is -0.139. The van der Waals surface area contributed by atoms with Gasteiger partial charge in [-0.25, -0.2) is 4.98 Å². The highest BCUT2D eigenvalue weighted by Crippen LogP contribution is 2.36. The van der Waals surface area contributed by atoms with E-state index in [1.807, 2.05) is 13.0 Å². The van der Waals surface area contributed by atoms with Crippen LogP contribution in [-0.4, -0.2) is 34.6 Å². The predicted octanol–water partition coefficient (Wildman–Crippen LogP) is 4.25. The summed E-state index contributed by atoms with van der Waals surface area (Å²) in [4.78, 5) is 28.6. The Bertz CT molecular complexity index is 929. The number of nitrogens with zero attached hydrogens (tertiary/aromatic N) is 1. The molecule has 0 aliphatic rings. The molecule has 150 valence electrons.